The molecule has 3 nitrogen and oxygen atoms in total. The molecule has 0 fully saturated rings. The summed E-state index contributed by atoms with van der Waals surface area (Å²) in [7, 11) is 0. The molecule has 30 heavy (non-hydrogen) atoms. The third kappa shape index (κ3) is 2.16. The molecule has 1 aromatic carbocycles. The lowest BCUT2D eigenvalue weighted by Gasteiger charge is -2.44. The fourth-order valence-corrected chi connectivity index (χ4v) is 5.24. The minimum atomic E-state index is -0.239. The second kappa shape index (κ2) is 5.43. The first kappa shape index (κ1) is 17.3. The molecular formula is C27H33N3. The van der Waals surface area contributed by atoms with Crippen LogP contribution in [0.1, 0.15) is 81.9 Å². The lowest BCUT2D eigenvalue weighted by Crippen LogP contribution is -2.42. The smallest absolute Gasteiger partial charge is 0.147 e. The van der Waals surface area contributed by atoms with Gasteiger partial charge in [0.25, 0.3) is 0 Å². The molecule has 0 saturated heterocycles. The van der Waals surface area contributed by atoms with Gasteiger partial charge in [0, 0.05) is 28.9 Å². The molecule has 0 atom stereocenters. The molecular weight excluding hydrogens is 366 g/mol. The van der Waals surface area contributed by atoms with Gasteiger partial charge in [-0.05, 0) is 50.9 Å². The van der Waals surface area contributed by atoms with Crippen LogP contribution in [0.3, 0.4) is 0 Å². The summed E-state index contributed by atoms with van der Waals surface area (Å²) in [5.74, 6) is 0. The van der Waals surface area contributed by atoms with Gasteiger partial charge in [-0.15, -0.1) is 0 Å². The Morgan fingerprint density at radius 2 is 1.70 bits per heavy atom. The van der Waals surface area contributed by atoms with E-state index in [1.54, 1.807) is 0 Å². The highest BCUT2D eigenvalue weighted by atomic mass is 15.0. The Morgan fingerprint density at radius 3 is 2.37 bits per heavy atom. The van der Waals surface area contributed by atoms with Crippen molar-refractivity contribution in [2.75, 3.05) is 0 Å². The number of rotatable bonds is 0. The summed E-state index contributed by atoms with van der Waals surface area (Å²) in [4.78, 5) is 9.70. The molecule has 3 heteroatoms. The van der Waals surface area contributed by atoms with Crippen LogP contribution in [0.25, 0.3) is 27.5 Å². The van der Waals surface area contributed by atoms with E-state index in [1.165, 1.54) is 0 Å². The molecule has 5 rings (SSSR count). The van der Waals surface area contributed by atoms with Gasteiger partial charge < -0.3 is 0 Å². The van der Waals surface area contributed by atoms with Crippen molar-refractivity contribution >= 4 is 27.5 Å². The van der Waals surface area contributed by atoms with E-state index in [0.29, 0.717) is 11.6 Å². The molecule has 3 heterocycles. The fourth-order valence-electron chi connectivity index (χ4n) is 5.24. The van der Waals surface area contributed by atoms with Crippen molar-refractivity contribution in [3.05, 3.63) is 53.4 Å². The summed E-state index contributed by atoms with van der Waals surface area (Å²) >= 11 is 0. The summed E-state index contributed by atoms with van der Waals surface area (Å²) in [5.41, 5.74) is 5.05. The van der Waals surface area contributed by atoms with Gasteiger partial charge in [0.15, 0.2) is 0 Å². The zero-order valence-corrected chi connectivity index (χ0v) is 19.7. The van der Waals surface area contributed by atoms with E-state index in [0.717, 1.165) is 38.8 Å². The van der Waals surface area contributed by atoms with Crippen molar-refractivity contribution in [3.63, 3.8) is 0 Å². The first-order valence-electron chi connectivity index (χ1n) is 11.9. The van der Waals surface area contributed by atoms with Crippen molar-refractivity contribution < 1.29 is 2.74 Å². The van der Waals surface area contributed by atoms with Crippen LogP contribution in [0.15, 0.2) is 36.6 Å². The quantitative estimate of drug-likeness (QED) is 0.320. The number of imidazole rings is 1. The lowest BCUT2D eigenvalue weighted by molar-refractivity contribution is 0.125. The molecule has 156 valence electrons. The molecule has 1 aliphatic rings. The van der Waals surface area contributed by atoms with Gasteiger partial charge in [0.05, 0.1) is 13.8 Å². The molecule has 0 N–H and O–H groups in total. The maximum absolute atomic E-state index is 8.95. The maximum atomic E-state index is 8.95. The average molecular weight is 402 g/mol. The van der Waals surface area contributed by atoms with Crippen LogP contribution in [0, 0.1) is 5.41 Å². The molecule has 0 unspecified atom stereocenters. The normalized spacial score (nSPS) is 20.6. The Morgan fingerprint density at radius 1 is 1.00 bits per heavy atom. The van der Waals surface area contributed by atoms with Gasteiger partial charge >= 0.3 is 0 Å². The van der Waals surface area contributed by atoms with Crippen molar-refractivity contribution in [2.45, 2.75) is 78.6 Å². The molecule has 0 bridgehead atoms. The van der Waals surface area contributed by atoms with Crippen LogP contribution in [0.5, 0.6) is 0 Å². The van der Waals surface area contributed by atoms with Gasteiger partial charge in [-0.25, -0.2) is 4.98 Å². The predicted molar refractivity (Wildman–Crippen MR) is 127 cm³/mol. The highest BCUT2D eigenvalue weighted by Gasteiger charge is 2.57. The monoisotopic (exact) mass is 401 g/mol. The van der Waals surface area contributed by atoms with Gasteiger partial charge in [-0.1, -0.05) is 68.4 Å². The maximum Gasteiger partial charge on any atom is 0.147 e. The van der Waals surface area contributed by atoms with Gasteiger partial charge in [-0.3, -0.25) is 9.38 Å². The Balaban J connectivity index is 1.98. The van der Waals surface area contributed by atoms with Gasteiger partial charge in [-0.2, -0.15) is 0 Å². The van der Waals surface area contributed by atoms with Crippen molar-refractivity contribution in [2.24, 2.45) is 5.41 Å². The predicted octanol–water partition coefficient (Wildman–Crippen LogP) is 6.93. The number of hydrogen-bond donors (Lipinski definition) is 0. The standard InChI is InChI=1S/C27H33N3/c1-24(2,3)20-14-16-12-13-30-22-19(29-23(30)17(16)15-28-20)11-10-18-21(22)26(6,7)27(8,9)25(18,4)5/h10-15H,1-9H3/i10D,11D. The van der Waals surface area contributed by atoms with Gasteiger partial charge in [0.2, 0.25) is 0 Å². The van der Waals surface area contributed by atoms with Crippen LogP contribution < -0.4 is 0 Å². The Hall–Kier alpha value is -2.42. The molecule has 3 aromatic heterocycles. The molecule has 0 aliphatic heterocycles. The second-order valence-corrected chi connectivity index (χ2v) is 11.6. The first-order chi connectivity index (χ1) is 14.6. The number of benzene rings is 1. The topological polar surface area (TPSA) is 30.2 Å². The van der Waals surface area contributed by atoms with Crippen LogP contribution in [-0.4, -0.2) is 14.4 Å². The second-order valence-electron chi connectivity index (χ2n) is 11.6. The molecule has 1 aliphatic carbocycles. The van der Waals surface area contributed by atoms with E-state index in [4.69, 9.17) is 12.7 Å². The average Bonchev–Trinajstić information content (AvgIpc) is 3.12. The van der Waals surface area contributed by atoms with E-state index in [9.17, 15) is 0 Å². The highest BCUT2D eigenvalue weighted by molar-refractivity contribution is 5.99. The third-order valence-corrected chi connectivity index (χ3v) is 8.43. The van der Waals surface area contributed by atoms with E-state index in [-0.39, 0.29) is 27.7 Å². The summed E-state index contributed by atoms with van der Waals surface area (Å²) < 4.78 is 20.0. The minimum absolute atomic E-state index is 0.0308. The Kier molecular flexibility index (Phi) is 3.13. The van der Waals surface area contributed by atoms with Crippen LogP contribution in [0.2, 0.25) is 0 Å². The van der Waals surface area contributed by atoms with Crippen molar-refractivity contribution in [1.82, 2.24) is 14.4 Å². The highest BCUT2D eigenvalue weighted by Crippen LogP contribution is 2.62. The van der Waals surface area contributed by atoms with E-state index in [1.807, 2.05) is 6.20 Å². The molecule has 0 amide bonds. The number of hydrogen-bond acceptors (Lipinski definition) is 2. The summed E-state index contributed by atoms with van der Waals surface area (Å²) in [6.07, 6.45) is 4.00. The lowest BCUT2D eigenvalue weighted by atomic mass is 9.59. The number of nitrogens with zero attached hydrogens (tertiary/aromatic N) is 3. The Bertz CT molecular complexity index is 1450. The number of pyridine rings is 2. The fraction of sp³-hybridized carbons (Fsp3) is 0.481. The SMILES string of the molecule is [2H]c1c2c(c3c(nc4c5cnc(C(C)(C)C)cc5ccn43)c1[2H])C(C)(C)C(C)(C)C2(C)C. The van der Waals surface area contributed by atoms with E-state index >= 15 is 0 Å². The van der Waals surface area contributed by atoms with E-state index < -0.39 is 0 Å². The van der Waals surface area contributed by atoms with Crippen LogP contribution in [-0.2, 0) is 16.2 Å². The molecule has 4 aromatic rings. The van der Waals surface area contributed by atoms with Crippen molar-refractivity contribution in [1.29, 1.82) is 0 Å². The van der Waals surface area contributed by atoms with Crippen LogP contribution in [0.4, 0.5) is 0 Å². The summed E-state index contributed by atoms with van der Waals surface area (Å²) in [6, 6.07) is 4.81. The number of aromatic nitrogens is 3. The largest absolute Gasteiger partial charge is 0.299 e. The summed E-state index contributed by atoms with van der Waals surface area (Å²) in [6.45, 7) is 20.1. The first-order valence-corrected chi connectivity index (χ1v) is 10.9. The Labute approximate surface area is 182 Å². The minimum Gasteiger partial charge on any atom is -0.299 e. The van der Waals surface area contributed by atoms with E-state index in [2.05, 4.69) is 85.0 Å². The third-order valence-electron chi connectivity index (χ3n) is 8.43. The summed E-state index contributed by atoms with van der Waals surface area (Å²) in [5, 5.41) is 2.08. The zero-order valence-electron chi connectivity index (χ0n) is 21.7. The van der Waals surface area contributed by atoms with Crippen LogP contribution >= 0.6 is 0 Å². The molecule has 0 spiro atoms. The van der Waals surface area contributed by atoms with Gasteiger partial charge in [0.1, 0.15) is 5.65 Å². The van der Waals surface area contributed by atoms with Crippen molar-refractivity contribution in [3.8, 4) is 0 Å². The molecule has 0 saturated carbocycles. The zero-order chi connectivity index (χ0) is 23.6. The molecule has 0 radical (unpaired) electrons. The number of fused-ring (bicyclic) bond motifs is 7.